The van der Waals surface area contributed by atoms with Gasteiger partial charge in [0, 0.05) is 12.8 Å². The Morgan fingerprint density at radius 3 is 2.64 bits per heavy atom. The van der Waals surface area contributed by atoms with Crippen molar-refractivity contribution in [1.29, 1.82) is 0 Å². The van der Waals surface area contributed by atoms with Crippen LogP contribution in [0.4, 0.5) is 0 Å². The Morgan fingerprint density at radius 2 is 2.00 bits per heavy atom. The molecule has 0 radical (unpaired) electrons. The summed E-state index contributed by atoms with van der Waals surface area (Å²) in [5.41, 5.74) is 1.77. The van der Waals surface area contributed by atoms with Gasteiger partial charge in [-0.05, 0) is 25.5 Å². The minimum Gasteiger partial charge on any atom is -0.475 e. The van der Waals surface area contributed by atoms with Gasteiger partial charge in [0.15, 0.2) is 5.92 Å². The van der Waals surface area contributed by atoms with Gasteiger partial charge in [0.05, 0.1) is 12.7 Å². The third-order valence-corrected chi connectivity index (χ3v) is 3.33. The molecule has 2 atom stereocenters. The van der Waals surface area contributed by atoms with Crippen molar-refractivity contribution >= 4 is 11.9 Å². The maximum atomic E-state index is 12.2. The molecule has 2 rings (SSSR count). The topological polar surface area (TPSA) is 57.1 Å². The molecule has 5 nitrogen and oxygen atoms in total. The van der Waals surface area contributed by atoms with Gasteiger partial charge in [0.1, 0.15) is 6.61 Å². The Balaban J connectivity index is 2.16. The number of rotatable bonds is 5. The average molecular weight is 303 g/mol. The fourth-order valence-corrected chi connectivity index (χ4v) is 2.28. The fourth-order valence-electron chi connectivity index (χ4n) is 2.28. The predicted molar refractivity (Wildman–Crippen MR) is 83.3 cm³/mol. The molecule has 118 valence electrons. The molecule has 0 aliphatic carbocycles. The molecule has 0 N–H and O–H groups in total. The Bertz CT molecular complexity index is 565. The Kier molecular flexibility index (Phi) is 5.72. The highest BCUT2D eigenvalue weighted by atomic mass is 16.5. The second-order valence-electron chi connectivity index (χ2n) is 4.96. The van der Waals surface area contributed by atoms with Crippen LogP contribution in [0.5, 0.6) is 0 Å². The maximum absolute atomic E-state index is 12.2. The van der Waals surface area contributed by atoms with Crippen molar-refractivity contribution in [2.24, 2.45) is 10.9 Å². The highest BCUT2D eigenvalue weighted by Gasteiger charge is 2.37. The average Bonchev–Trinajstić information content (AvgIpc) is 2.53. The third kappa shape index (κ3) is 3.95. The van der Waals surface area contributed by atoms with Gasteiger partial charge in [-0.25, -0.2) is 4.99 Å². The summed E-state index contributed by atoms with van der Waals surface area (Å²) in [6, 6.07) is 9.73. The number of allylic oxidation sites excluding steroid dienone is 1. The lowest BCUT2D eigenvalue weighted by Gasteiger charge is -2.26. The summed E-state index contributed by atoms with van der Waals surface area (Å²) in [4.78, 5) is 16.6. The molecule has 22 heavy (non-hydrogen) atoms. The first-order chi connectivity index (χ1) is 10.7. The van der Waals surface area contributed by atoms with E-state index in [1.165, 1.54) is 0 Å². The minimum atomic E-state index is -0.669. The van der Waals surface area contributed by atoms with Crippen molar-refractivity contribution < 1.29 is 19.0 Å². The van der Waals surface area contributed by atoms with E-state index in [9.17, 15) is 4.79 Å². The van der Waals surface area contributed by atoms with Crippen molar-refractivity contribution in [1.82, 2.24) is 0 Å². The molecule has 1 aliphatic rings. The van der Waals surface area contributed by atoms with Crippen molar-refractivity contribution in [3.63, 3.8) is 0 Å². The third-order valence-electron chi connectivity index (χ3n) is 3.33. The van der Waals surface area contributed by atoms with E-state index in [1.807, 2.05) is 37.3 Å². The van der Waals surface area contributed by atoms with E-state index in [0.717, 1.165) is 11.3 Å². The zero-order valence-corrected chi connectivity index (χ0v) is 13.1. The molecule has 1 aliphatic heterocycles. The quantitative estimate of drug-likeness (QED) is 0.785. The molecular weight excluding hydrogens is 282 g/mol. The number of carbonyl (C=O) groups excluding carboxylic acids is 1. The molecule has 1 aromatic rings. The van der Waals surface area contributed by atoms with E-state index >= 15 is 0 Å². The van der Waals surface area contributed by atoms with Crippen LogP contribution in [-0.2, 0) is 25.6 Å². The molecular formula is C17H21NO4. The smallest absolute Gasteiger partial charge is 0.321 e. The zero-order chi connectivity index (χ0) is 15.9. The Morgan fingerprint density at radius 1 is 1.27 bits per heavy atom. The lowest BCUT2D eigenvalue weighted by Crippen LogP contribution is -2.40. The lowest BCUT2D eigenvalue weighted by atomic mass is 9.98. The van der Waals surface area contributed by atoms with Crippen LogP contribution in [0.1, 0.15) is 19.4 Å². The molecule has 0 amide bonds. The number of methoxy groups -OCH3 is 1. The van der Waals surface area contributed by atoms with Crippen LogP contribution in [0.25, 0.3) is 0 Å². The molecule has 1 aromatic carbocycles. The molecule has 0 spiro atoms. The van der Waals surface area contributed by atoms with Gasteiger partial charge in [-0.2, -0.15) is 0 Å². The van der Waals surface area contributed by atoms with E-state index < -0.39 is 12.0 Å². The standard InChI is InChI=1S/C17H21NO4/c1-4-21-17(19)15-14(20-3)10-12(2)18-16(15)22-11-13-8-6-5-7-9-13/h5-10,14-15H,4,11H2,1-3H3. The van der Waals surface area contributed by atoms with Crippen molar-refractivity contribution in [2.75, 3.05) is 13.7 Å². The maximum Gasteiger partial charge on any atom is 0.321 e. The largest absolute Gasteiger partial charge is 0.475 e. The van der Waals surface area contributed by atoms with Crippen molar-refractivity contribution in [2.45, 2.75) is 26.6 Å². The number of aliphatic imine (C=N–C) groups is 1. The molecule has 2 unspecified atom stereocenters. The monoisotopic (exact) mass is 303 g/mol. The van der Waals surface area contributed by atoms with Crippen LogP contribution in [0.3, 0.4) is 0 Å². The Labute approximate surface area is 130 Å². The highest BCUT2D eigenvalue weighted by Crippen LogP contribution is 2.23. The molecule has 0 bridgehead atoms. The second kappa shape index (κ2) is 7.75. The van der Waals surface area contributed by atoms with Crippen LogP contribution in [0.15, 0.2) is 47.1 Å². The lowest BCUT2D eigenvalue weighted by molar-refractivity contribution is -0.149. The zero-order valence-electron chi connectivity index (χ0n) is 13.1. The number of benzene rings is 1. The number of hydrogen-bond acceptors (Lipinski definition) is 5. The normalized spacial score (nSPS) is 20.9. The van der Waals surface area contributed by atoms with Crippen molar-refractivity contribution in [3.8, 4) is 0 Å². The summed E-state index contributed by atoms with van der Waals surface area (Å²) in [6.07, 6.45) is 1.37. The van der Waals surface area contributed by atoms with Gasteiger partial charge in [0.25, 0.3) is 0 Å². The molecule has 0 aromatic heterocycles. The summed E-state index contributed by atoms with van der Waals surface area (Å²) in [6.45, 7) is 4.27. The highest BCUT2D eigenvalue weighted by molar-refractivity contribution is 6.00. The van der Waals surface area contributed by atoms with Crippen LogP contribution < -0.4 is 0 Å². The second-order valence-corrected chi connectivity index (χ2v) is 4.96. The molecule has 1 heterocycles. The van der Waals surface area contributed by atoms with E-state index in [2.05, 4.69) is 4.99 Å². The molecule has 0 saturated carbocycles. The summed E-state index contributed by atoms with van der Waals surface area (Å²) in [7, 11) is 1.56. The van der Waals surface area contributed by atoms with Crippen LogP contribution in [0, 0.1) is 5.92 Å². The first-order valence-electron chi connectivity index (χ1n) is 7.28. The van der Waals surface area contributed by atoms with Gasteiger partial charge >= 0.3 is 5.97 Å². The van der Waals surface area contributed by atoms with Crippen LogP contribution in [-0.4, -0.2) is 31.7 Å². The minimum absolute atomic E-state index is 0.306. The van der Waals surface area contributed by atoms with E-state index in [1.54, 1.807) is 20.1 Å². The van der Waals surface area contributed by atoms with E-state index in [-0.39, 0.29) is 5.97 Å². The first kappa shape index (κ1) is 16.2. The summed E-state index contributed by atoms with van der Waals surface area (Å²) in [5, 5.41) is 0. The van der Waals surface area contributed by atoms with E-state index in [0.29, 0.717) is 19.1 Å². The van der Waals surface area contributed by atoms with Gasteiger partial charge in [-0.15, -0.1) is 0 Å². The number of esters is 1. The molecule has 0 saturated heterocycles. The fraction of sp³-hybridized carbons (Fsp3) is 0.412. The van der Waals surface area contributed by atoms with Gasteiger partial charge in [0.2, 0.25) is 5.90 Å². The van der Waals surface area contributed by atoms with Gasteiger partial charge < -0.3 is 14.2 Å². The first-order valence-corrected chi connectivity index (χ1v) is 7.28. The summed E-state index contributed by atoms with van der Waals surface area (Å²) in [5.74, 6) is -0.712. The molecule has 5 heteroatoms. The van der Waals surface area contributed by atoms with Crippen LogP contribution in [0.2, 0.25) is 0 Å². The predicted octanol–water partition coefficient (Wildman–Crippen LogP) is 2.71. The number of hydrogen-bond donors (Lipinski definition) is 0. The van der Waals surface area contributed by atoms with Crippen LogP contribution >= 0.6 is 0 Å². The number of nitrogens with zero attached hydrogens (tertiary/aromatic N) is 1. The summed E-state index contributed by atoms with van der Waals surface area (Å²) < 4.78 is 16.3. The Hall–Kier alpha value is -2.14. The van der Waals surface area contributed by atoms with E-state index in [4.69, 9.17) is 14.2 Å². The molecule has 0 fully saturated rings. The van der Waals surface area contributed by atoms with Crippen molar-refractivity contribution in [3.05, 3.63) is 47.7 Å². The number of ether oxygens (including phenoxy) is 3. The summed E-state index contributed by atoms with van der Waals surface area (Å²) >= 11 is 0. The SMILES string of the molecule is CCOC(=O)C1C(OCc2ccccc2)=NC(C)=CC1OC. The van der Waals surface area contributed by atoms with Gasteiger partial charge in [-0.1, -0.05) is 30.3 Å². The number of carbonyl (C=O) groups is 1. The van der Waals surface area contributed by atoms with Gasteiger partial charge in [-0.3, -0.25) is 4.79 Å².